The van der Waals surface area contributed by atoms with Crippen LogP contribution in [-0.2, 0) is 0 Å². The zero-order valence-electron chi connectivity index (χ0n) is 10.5. The van der Waals surface area contributed by atoms with Crippen LogP contribution in [0, 0.1) is 34.9 Å². The van der Waals surface area contributed by atoms with Crippen LogP contribution in [0.4, 0.5) is 26.3 Å². The maximum atomic E-state index is 13.7. The monoisotopic (exact) mass is 303 g/mol. The van der Waals surface area contributed by atoms with Crippen molar-refractivity contribution >= 4 is 18.2 Å². The molecule has 0 saturated heterocycles. The van der Waals surface area contributed by atoms with Crippen LogP contribution in [0.1, 0.15) is 0 Å². The van der Waals surface area contributed by atoms with E-state index < -0.39 is 51.6 Å². The van der Waals surface area contributed by atoms with Gasteiger partial charge in [-0.25, -0.2) is 26.3 Å². The lowest BCUT2D eigenvalue weighted by molar-refractivity contribution is 0.381. The molecule has 0 bridgehead atoms. The Labute approximate surface area is 116 Å². The molecule has 0 unspecified atom stereocenters. The van der Waals surface area contributed by atoms with Crippen LogP contribution >= 0.6 is 0 Å². The maximum Gasteiger partial charge on any atom is 0.204 e. The lowest BCUT2D eigenvalue weighted by atomic mass is 9.63. The molecule has 21 heavy (non-hydrogen) atoms. The SMILES string of the molecule is COc1c(F)cc(F)c(F)c1[B]c1cc(F)cc(F)c1F. The molecule has 1 radical (unpaired) electrons. The molecule has 0 saturated carbocycles. The third kappa shape index (κ3) is 2.84. The first-order chi connectivity index (χ1) is 9.85. The van der Waals surface area contributed by atoms with Gasteiger partial charge in [0.15, 0.2) is 34.8 Å². The van der Waals surface area contributed by atoms with Crippen LogP contribution in [0.3, 0.4) is 0 Å². The Morgan fingerprint density at radius 2 is 1.43 bits per heavy atom. The van der Waals surface area contributed by atoms with E-state index in [-0.39, 0.29) is 12.1 Å². The summed E-state index contributed by atoms with van der Waals surface area (Å²) < 4.78 is 84.5. The summed E-state index contributed by atoms with van der Waals surface area (Å²) in [5, 5.41) is 0. The van der Waals surface area contributed by atoms with Crippen LogP contribution < -0.4 is 15.7 Å². The quantitative estimate of drug-likeness (QED) is 0.480. The number of hydrogen-bond donors (Lipinski definition) is 0. The van der Waals surface area contributed by atoms with Crippen LogP contribution in [0.5, 0.6) is 5.75 Å². The fourth-order valence-electron chi connectivity index (χ4n) is 1.77. The molecule has 2 aromatic rings. The minimum absolute atomic E-state index is 0.244. The highest BCUT2D eigenvalue weighted by atomic mass is 19.2. The van der Waals surface area contributed by atoms with Crippen molar-refractivity contribution < 1.29 is 31.1 Å². The van der Waals surface area contributed by atoms with Gasteiger partial charge in [-0.05, 0) is 11.5 Å². The average Bonchev–Trinajstić information content (AvgIpc) is 2.41. The molecule has 1 nitrogen and oxygen atoms in total. The predicted octanol–water partition coefficient (Wildman–Crippen LogP) is 2.18. The van der Waals surface area contributed by atoms with Gasteiger partial charge in [-0.3, -0.25) is 0 Å². The number of hydrogen-bond acceptors (Lipinski definition) is 1. The minimum atomic E-state index is -1.54. The smallest absolute Gasteiger partial charge is 0.204 e. The van der Waals surface area contributed by atoms with E-state index in [0.717, 1.165) is 7.11 Å². The first-order valence-corrected chi connectivity index (χ1v) is 5.56. The van der Waals surface area contributed by atoms with Crippen LogP contribution in [0.25, 0.3) is 0 Å². The average molecular weight is 303 g/mol. The third-order valence-corrected chi connectivity index (χ3v) is 2.69. The Balaban J connectivity index is 2.59. The van der Waals surface area contributed by atoms with Gasteiger partial charge in [0, 0.05) is 17.6 Å². The summed E-state index contributed by atoms with van der Waals surface area (Å²) in [6, 6.07) is 1.08. The van der Waals surface area contributed by atoms with Gasteiger partial charge in [0.25, 0.3) is 0 Å². The summed E-state index contributed by atoms with van der Waals surface area (Å²) in [4.78, 5) is 0. The molecule has 2 aromatic carbocycles. The highest BCUT2D eigenvalue weighted by Crippen LogP contribution is 2.18. The second-order valence-electron chi connectivity index (χ2n) is 4.04. The molecular formula is C13H6BF6O. The van der Waals surface area contributed by atoms with Crippen molar-refractivity contribution in [3.8, 4) is 5.75 Å². The normalized spacial score (nSPS) is 10.6. The summed E-state index contributed by atoms with van der Waals surface area (Å²) in [5.74, 6) is -9.15. The summed E-state index contributed by atoms with van der Waals surface area (Å²) in [6.07, 6.45) is 0. The van der Waals surface area contributed by atoms with Crippen LogP contribution in [0.2, 0.25) is 0 Å². The van der Waals surface area contributed by atoms with Crippen LogP contribution in [0.15, 0.2) is 18.2 Å². The van der Waals surface area contributed by atoms with Gasteiger partial charge in [0.1, 0.15) is 5.82 Å². The van der Waals surface area contributed by atoms with E-state index in [0.29, 0.717) is 13.3 Å². The zero-order valence-corrected chi connectivity index (χ0v) is 10.5. The fraction of sp³-hybridized carbons (Fsp3) is 0.0769. The predicted molar refractivity (Wildman–Crippen MR) is 64.2 cm³/mol. The largest absolute Gasteiger partial charge is 0.494 e. The molecule has 0 N–H and O–H groups in total. The second-order valence-corrected chi connectivity index (χ2v) is 4.04. The Morgan fingerprint density at radius 1 is 0.810 bits per heavy atom. The molecule has 109 valence electrons. The van der Waals surface area contributed by atoms with Crippen molar-refractivity contribution in [1.29, 1.82) is 0 Å². The van der Waals surface area contributed by atoms with Gasteiger partial charge in [-0.1, -0.05) is 0 Å². The van der Waals surface area contributed by atoms with E-state index in [9.17, 15) is 26.3 Å². The van der Waals surface area contributed by atoms with E-state index in [1.54, 1.807) is 0 Å². The summed E-state index contributed by atoms with van der Waals surface area (Å²) in [7, 11) is 1.54. The van der Waals surface area contributed by atoms with E-state index in [4.69, 9.17) is 0 Å². The van der Waals surface area contributed by atoms with Gasteiger partial charge in [-0.15, -0.1) is 0 Å². The molecule has 0 atom stereocenters. The first kappa shape index (κ1) is 15.3. The van der Waals surface area contributed by atoms with Gasteiger partial charge in [0.2, 0.25) is 7.28 Å². The number of rotatable bonds is 3. The first-order valence-electron chi connectivity index (χ1n) is 5.56. The third-order valence-electron chi connectivity index (χ3n) is 2.69. The van der Waals surface area contributed by atoms with Gasteiger partial charge >= 0.3 is 0 Å². The zero-order chi connectivity index (χ0) is 15.7. The van der Waals surface area contributed by atoms with Crippen molar-refractivity contribution in [2.45, 2.75) is 0 Å². The molecule has 0 aliphatic carbocycles. The van der Waals surface area contributed by atoms with E-state index in [2.05, 4.69) is 4.74 Å². The molecule has 0 spiro atoms. The lowest BCUT2D eigenvalue weighted by Crippen LogP contribution is -2.35. The van der Waals surface area contributed by atoms with Gasteiger partial charge in [0.05, 0.1) is 7.11 Å². The molecule has 2 rings (SSSR count). The van der Waals surface area contributed by atoms with E-state index in [1.807, 2.05) is 0 Å². The molecule has 0 heterocycles. The highest BCUT2D eigenvalue weighted by molar-refractivity contribution is 6.68. The van der Waals surface area contributed by atoms with E-state index >= 15 is 0 Å². The highest BCUT2D eigenvalue weighted by Gasteiger charge is 2.23. The number of halogens is 6. The van der Waals surface area contributed by atoms with Gasteiger partial charge < -0.3 is 4.74 Å². The Hall–Kier alpha value is -2.12. The Morgan fingerprint density at radius 3 is 2.05 bits per heavy atom. The Kier molecular flexibility index (Phi) is 4.15. The number of methoxy groups -OCH3 is 1. The van der Waals surface area contributed by atoms with Crippen molar-refractivity contribution in [1.82, 2.24) is 0 Å². The summed E-state index contributed by atoms with van der Waals surface area (Å²) in [5.41, 5.74) is -1.51. The Bertz CT molecular complexity index is 704. The number of ether oxygens (including phenoxy) is 1. The molecule has 0 fully saturated rings. The van der Waals surface area contributed by atoms with Crippen molar-refractivity contribution in [3.05, 3.63) is 53.1 Å². The molecule has 0 aromatic heterocycles. The number of benzene rings is 2. The lowest BCUT2D eigenvalue weighted by Gasteiger charge is -2.11. The molecule has 8 heteroatoms. The standard InChI is InChI=1S/C13H6BF6O/c1-21-13-9(18)4-8(17)12(20)10(13)14-6-2-5(15)3-7(16)11(6)19/h2-4H,1H3. The molecular weight excluding hydrogens is 297 g/mol. The minimum Gasteiger partial charge on any atom is -0.494 e. The summed E-state index contributed by atoms with van der Waals surface area (Å²) >= 11 is 0. The molecule has 0 amide bonds. The topological polar surface area (TPSA) is 9.23 Å². The van der Waals surface area contributed by atoms with Crippen molar-refractivity contribution in [2.75, 3.05) is 7.11 Å². The van der Waals surface area contributed by atoms with Crippen LogP contribution in [-0.4, -0.2) is 14.4 Å². The van der Waals surface area contributed by atoms with E-state index in [1.165, 1.54) is 0 Å². The fourth-order valence-corrected chi connectivity index (χ4v) is 1.77. The van der Waals surface area contributed by atoms with Crippen molar-refractivity contribution in [2.24, 2.45) is 0 Å². The second kappa shape index (κ2) is 5.71. The summed E-state index contributed by atoms with van der Waals surface area (Å²) in [6.45, 7) is 0. The van der Waals surface area contributed by atoms with Crippen molar-refractivity contribution in [3.63, 3.8) is 0 Å². The van der Waals surface area contributed by atoms with Gasteiger partial charge in [-0.2, -0.15) is 0 Å². The maximum absolute atomic E-state index is 13.7. The molecule has 0 aliphatic rings. The molecule has 0 aliphatic heterocycles.